The van der Waals surface area contributed by atoms with Crippen LogP contribution in [0.2, 0.25) is 0 Å². The number of hydrogen-bond donors (Lipinski definition) is 1. The van der Waals surface area contributed by atoms with Gasteiger partial charge in [0.25, 0.3) is 0 Å². The molecule has 0 saturated heterocycles. The first-order chi connectivity index (χ1) is 8.65. The number of hydrogen-bond acceptors (Lipinski definition) is 5. The van der Waals surface area contributed by atoms with Crippen molar-refractivity contribution >= 4 is 27.4 Å². The van der Waals surface area contributed by atoms with Crippen LogP contribution in [0.3, 0.4) is 0 Å². The zero-order valence-corrected chi connectivity index (χ0v) is 10.8. The quantitative estimate of drug-likeness (QED) is 0.859. The fourth-order valence-corrected chi connectivity index (χ4v) is 1.83. The Balaban J connectivity index is 2.43. The van der Waals surface area contributed by atoms with Gasteiger partial charge in [0.1, 0.15) is 6.07 Å². The van der Waals surface area contributed by atoms with Crippen LogP contribution >= 0.6 is 15.9 Å². The van der Waals surface area contributed by atoms with E-state index in [2.05, 4.69) is 20.9 Å². The highest BCUT2D eigenvalue weighted by atomic mass is 79.9. The van der Waals surface area contributed by atoms with Gasteiger partial charge in [-0.15, -0.1) is 0 Å². The Bertz CT molecular complexity index is 631. The Labute approximate surface area is 111 Å². The lowest BCUT2D eigenvalue weighted by Crippen LogP contribution is -2.20. The minimum absolute atomic E-state index is 0.273. The molecule has 92 valence electrons. The summed E-state index contributed by atoms with van der Waals surface area (Å²) in [5, 5.41) is 9.04. The van der Waals surface area contributed by atoms with Crippen molar-refractivity contribution in [3.8, 4) is 6.07 Å². The molecule has 7 heteroatoms. The van der Waals surface area contributed by atoms with Gasteiger partial charge in [-0.3, -0.25) is 9.20 Å². The van der Waals surface area contributed by atoms with Gasteiger partial charge in [0, 0.05) is 10.7 Å². The third-order valence-electron chi connectivity index (χ3n) is 2.29. The first kappa shape index (κ1) is 12.5. The summed E-state index contributed by atoms with van der Waals surface area (Å²) in [7, 11) is 0. The predicted octanol–water partition coefficient (Wildman–Crippen LogP) is 1.16. The molecular formula is C11H9BrN4O2. The lowest BCUT2D eigenvalue weighted by Gasteiger charge is -2.09. The maximum atomic E-state index is 11.1. The minimum atomic E-state index is -1.07. The largest absolute Gasteiger partial charge is 0.438 e. The Morgan fingerprint density at radius 2 is 2.44 bits per heavy atom. The number of pyridine rings is 1. The molecule has 0 aliphatic carbocycles. The Hall–Kier alpha value is -1.91. The molecule has 2 N–H and O–H groups in total. The molecule has 1 unspecified atom stereocenters. The molecule has 1 atom stereocenters. The summed E-state index contributed by atoms with van der Waals surface area (Å²) in [4.78, 5) is 15.2. The lowest BCUT2D eigenvalue weighted by atomic mass is 10.3. The standard InChI is InChI=1S/C11H9BrN4O2/c12-7-1-2-8-5-15-11(16(8)6-7)9(3-13)18-10(17)4-14/h1-2,5-6,9H,4,14H2. The van der Waals surface area contributed by atoms with Crippen molar-refractivity contribution in [3.63, 3.8) is 0 Å². The number of ether oxygens (including phenoxy) is 1. The molecule has 2 heterocycles. The van der Waals surface area contributed by atoms with Crippen molar-refractivity contribution in [3.05, 3.63) is 34.8 Å². The number of carbonyl (C=O) groups is 1. The number of halogens is 1. The number of rotatable bonds is 3. The third-order valence-corrected chi connectivity index (χ3v) is 2.76. The minimum Gasteiger partial charge on any atom is -0.438 e. The fraction of sp³-hybridized carbons (Fsp3) is 0.182. The summed E-state index contributed by atoms with van der Waals surface area (Å²) in [5.74, 6) is -0.302. The molecular weight excluding hydrogens is 300 g/mol. The van der Waals surface area contributed by atoms with Crippen LogP contribution in [0.1, 0.15) is 11.9 Å². The number of nitriles is 1. The van der Waals surface area contributed by atoms with E-state index < -0.39 is 12.1 Å². The van der Waals surface area contributed by atoms with Gasteiger partial charge in [0.2, 0.25) is 6.10 Å². The zero-order valence-electron chi connectivity index (χ0n) is 9.21. The molecule has 0 spiro atoms. The first-order valence-electron chi connectivity index (χ1n) is 5.07. The molecule has 0 aliphatic rings. The van der Waals surface area contributed by atoms with E-state index in [0.29, 0.717) is 5.82 Å². The summed E-state index contributed by atoms with van der Waals surface area (Å²) >= 11 is 3.33. The SMILES string of the molecule is N#CC(OC(=O)CN)c1ncc2ccc(Br)cn12. The highest BCUT2D eigenvalue weighted by Crippen LogP contribution is 2.20. The molecule has 0 aromatic carbocycles. The molecule has 6 nitrogen and oxygen atoms in total. The van der Waals surface area contributed by atoms with Crippen LogP contribution in [-0.2, 0) is 9.53 Å². The van der Waals surface area contributed by atoms with E-state index in [1.54, 1.807) is 16.8 Å². The Kier molecular flexibility index (Phi) is 3.60. The van der Waals surface area contributed by atoms with Crippen LogP contribution in [0, 0.1) is 11.3 Å². The maximum Gasteiger partial charge on any atom is 0.321 e. The van der Waals surface area contributed by atoms with Crippen molar-refractivity contribution < 1.29 is 9.53 Å². The number of imidazole rings is 1. The first-order valence-corrected chi connectivity index (χ1v) is 5.86. The molecule has 0 amide bonds. The van der Waals surface area contributed by atoms with Gasteiger partial charge in [-0.05, 0) is 28.1 Å². The van der Waals surface area contributed by atoms with Gasteiger partial charge in [0.05, 0.1) is 18.3 Å². The summed E-state index contributed by atoms with van der Waals surface area (Å²) < 4.78 is 7.43. The Morgan fingerprint density at radius 3 is 3.11 bits per heavy atom. The molecule has 2 aromatic rings. The number of aromatic nitrogens is 2. The number of nitrogens with zero attached hydrogens (tertiary/aromatic N) is 3. The molecule has 0 aliphatic heterocycles. The second-order valence-electron chi connectivity index (χ2n) is 3.46. The predicted molar refractivity (Wildman–Crippen MR) is 66.4 cm³/mol. The van der Waals surface area contributed by atoms with Gasteiger partial charge in [-0.25, -0.2) is 4.98 Å². The zero-order chi connectivity index (χ0) is 13.1. The summed E-state index contributed by atoms with van der Waals surface area (Å²) in [6.45, 7) is -0.273. The number of esters is 1. The van der Waals surface area contributed by atoms with Crippen LogP contribution in [-0.4, -0.2) is 21.9 Å². The van der Waals surface area contributed by atoms with Gasteiger partial charge >= 0.3 is 5.97 Å². The van der Waals surface area contributed by atoms with Crippen LogP contribution < -0.4 is 5.73 Å². The summed E-state index contributed by atoms with van der Waals surface area (Å²) in [6.07, 6.45) is 2.28. The van der Waals surface area contributed by atoms with Crippen molar-refractivity contribution in [2.75, 3.05) is 6.54 Å². The van der Waals surface area contributed by atoms with E-state index in [-0.39, 0.29) is 6.54 Å². The fourth-order valence-electron chi connectivity index (χ4n) is 1.49. The molecule has 2 rings (SSSR count). The molecule has 0 fully saturated rings. The highest BCUT2D eigenvalue weighted by molar-refractivity contribution is 9.10. The van der Waals surface area contributed by atoms with E-state index in [1.807, 2.05) is 18.2 Å². The normalized spacial score (nSPS) is 12.1. The van der Waals surface area contributed by atoms with Crippen LogP contribution in [0.5, 0.6) is 0 Å². The number of nitrogens with two attached hydrogens (primary N) is 1. The molecule has 18 heavy (non-hydrogen) atoms. The van der Waals surface area contributed by atoms with Gasteiger partial charge in [-0.1, -0.05) is 0 Å². The average molecular weight is 309 g/mol. The second kappa shape index (κ2) is 5.16. The third kappa shape index (κ3) is 2.34. The smallest absolute Gasteiger partial charge is 0.321 e. The average Bonchev–Trinajstić information content (AvgIpc) is 2.78. The molecule has 0 bridgehead atoms. The molecule has 0 saturated carbocycles. The monoisotopic (exact) mass is 308 g/mol. The van der Waals surface area contributed by atoms with Gasteiger partial charge in [-0.2, -0.15) is 5.26 Å². The van der Waals surface area contributed by atoms with Gasteiger partial charge in [0.15, 0.2) is 5.82 Å². The Morgan fingerprint density at radius 1 is 1.67 bits per heavy atom. The lowest BCUT2D eigenvalue weighted by molar-refractivity contribution is -0.145. The maximum absolute atomic E-state index is 11.1. The second-order valence-corrected chi connectivity index (χ2v) is 4.38. The van der Waals surface area contributed by atoms with E-state index in [4.69, 9.17) is 15.7 Å². The van der Waals surface area contributed by atoms with E-state index in [9.17, 15) is 4.79 Å². The topological polar surface area (TPSA) is 93.4 Å². The van der Waals surface area contributed by atoms with E-state index in [0.717, 1.165) is 9.99 Å². The van der Waals surface area contributed by atoms with Crippen LogP contribution in [0.15, 0.2) is 29.0 Å². The van der Waals surface area contributed by atoms with Crippen molar-refractivity contribution in [2.45, 2.75) is 6.10 Å². The van der Waals surface area contributed by atoms with Crippen molar-refractivity contribution in [1.29, 1.82) is 5.26 Å². The molecule has 2 aromatic heterocycles. The highest BCUT2D eigenvalue weighted by Gasteiger charge is 2.20. The van der Waals surface area contributed by atoms with Crippen molar-refractivity contribution in [2.24, 2.45) is 5.73 Å². The van der Waals surface area contributed by atoms with Crippen molar-refractivity contribution in [1.82, 2.24) is 9.38 Å². The van der Waals surface area contributed by atoms with E-state index >= 15 is 0 Å². The summed E-state index contributed by atoms with van der Waals surface area (Å²) in [6, 6.07) is 5.57. The number of fused-ring (bicyclic) bond motifs is 1. The summed E-state index contributed by atoms with van der Waals surface area (Å²) in [5.41, 5.74) is 5.95. The van der Waals surface area contributed by atoms with E-state index in [1.165, 1.54) is 0 Å². The number of carbonyl (C=O) groups excluding carboxylic acids is 1. The van der Waals surface area contributed by atoms with Crippen LogP contribution in [0.25, 0.3) is 5.52 Å². The van der Waals surface area contributed by atoms with Gasteiger partial charge < -0.3 is 10.5 Å². The van der Waals surface area contributed by atoms with Crippen LogP contribution in [0.4, 0.5) is 0 Å². The molecule has 0 radical (unpaired) electrons.